The van der Waals surface area contributed by atoms with Crippen LogP contribution in [0.1, 0.15) is 24.2 Å². The molecule has 0 spiro atoms. The molecular weight excluding hydrogens is 382 g/mol. The summed E-state index contributed by atoms with van der Waals surface area (Å²) in [5, 5.41) is 7.41. The zero-order valence-corrected chi connectivity index (χ0v) is 16.4. The number of benzene rings is 1. The summed E-state index contributed by atoms with van der Waals surface area (Å²) < 4.78 is 15.2. The number of para-hydroxylation sites is 1. The van der Waals surface area contributed by atoms with Crippen molar-refractivity contribution in [2.45, 2.75) is 19.9 Å². The van der Waals surface area contributed by atoms with E-state index in [1.54, 1.807) is 38.1 Å². The van der Waals surface area contributed by atoms with Gasteiger partial charge >= 0.3 is 18.0 Å². The van der Waals surface area contributed by atoms with Crippen molar-refractivity contribution >= 4 is 23.9 Å². The summed E-state index contributed by atoms with van der Waals surface area (Å²) in [7, 11) is 1.43. The van der Waals surface area contributed by atoms with Crippen molar-refractivity contribution in [3.63, 3.8) is 0 Å². The van der Waals surface area contributed by atoms with Crippen molar-refractivity contribution in [2.24, 2.45) is 0 Å². The van der Waals surface area contributed by atoms with Crippen LogP contribution in [-0.4, -0.2) is 56.8 Å². The Morgan fingerprint density at radius 2 is 1.90 bits per heavy atom. The first kappa shape index (κ1) is 21.7. The second-order valence-corrected chi connectivity index (χ2v) is 5.98. The van der Waals surface area contributed by atoms with Gasteiger partial charge in [0.2, 0.25) is 0 Å². The fourth-order valence-corrected chi connectivity index (χ4v) is 2.68. The quantitative estimate of drug-likeness (QED) is 0.536. The largest absolute Gasteiger partial charge is 0.496 e. The molecule has 1 aliphatic rings. The predicted molar refractivity (Wildman–Crippen MR) is 101 cm³/mol. The van der Waals surface area contributed by atoms with Crippen LogP contribution >= 0.6 is 0 Å². The number of rotatable bonds is 8. The number of urea groups is 1. The summed E-state index contributed by atoms with van der Waals surface area (Å²) >= 11 is 0. The van der Waals surface area contributed by atoms with Gasteiger partial charge in [-0.2, -0.15) is 0 Å². The molecule has 2 rings (SSSR count). The lowest BCUT2D eigenvalue weighted by atomic mass is 10.0. The molecule has 0 aromatic heterocycles. The van der Waals surface area contributed by atoms with Crippen LogP contribution in [0.5, 0.6) is 5.75 Å². The molecule has 1 atom stereocenters. The van der Waals surface area contributed by atoms with Crippen molar-refractivity contribution in [2.75, 3.05) is 26.9 Å². The van der Waals surface area contributed by atoms with E-state index in [-0.39, 0.29) is 30.0 Å². The van der Waals surface area contributed by atoms with Crippen molar-refractivity contribution in [1.82, 2.24) is 16.0 Å². The monoisotopic (exact) mass is 405 g/mol. The summed E-state index contributed by atoms with van der Waals surface area (Å²) in [5.74, 6) is -1.50. The van der Waals surface area contributed by atoms with Crippen molar-refractivity contribution in [1.29, 1.82) is 0 Å². The highest BCUT2D eigenvalue weighted by Gasteiger charge is 2.30. The highest BCUT2D eigenvalue weighted by Crippen LogP contribution is 2.17. The van der Waals surface area contributed by atoms with Gasteiger partial charge in [0, 0.05) is 0 Å². The van der Waals surface area contributed by atoms with E-state index in [1.165, 1.54) is 7.11 Å². The molecule has 1 aliphatic heterocycles. The van der Waals surface area contributed by atoms with Crippen LogP contribution in [0.2, 0.25) is 0 Å². The maximum atomic E-state index is 12.2. The number of carbonyl (C=O) groups excluding carboxylic acids is 4. The smallest absolute Gasteiger partial charge is 0.338 e. The van der Waals surface area contributed by atoms with Gasteiger partial charge in [0.05, 0.1) is 36.6 Å². The second kappa shape index (κ2) is 10.1. The third-order valence-electron chi connectivity index (χ3n) is 3.99. The first-order valence-corrected chi connectivity index (χ1v) is 8.91. The molecule has 0 bridgehead atoms. The Morgan fingerprint density at radius 1 is 1.17 bits per heavy atom. The number of hydrogen-bond acceptors (Lipinski definition) is 7. The summed E-state index contributed by atoms with van der Waals surface area (Å²) in [6.07, 6.45) is 0. The summed E-state index contributed by atoms with van der Waals surface area (Å²) in [6, 6.07) is 5.43. The van der Waals surface area contributed by atoms with Gasteiger partial charge in [0.15, 0.2) is 0 Å². The minimum Gasteiger partial charge on any atom is -0.496 e. The number of methoxy groups -OCH3 is 1. The van der Waals surface area contributed by atoms with Gasteiger partial charge < -0.3 is 30.2 Å². The fourth-order valence-electron chi connectivity index (χ4n) is 2.68. The molecule has 156 valence electrons. The molecule has 3 N–H and O–H groups in total. The van der Waals surface area contributed by atoms with Gasteiger partial charge in [-0.3, -0.25) is 9.59 Å². The Kier molecular flexibility index (Phi) is 7.58. The van der Waals surface area contributed by atoms with E-state index >= 15 is 0 Å². The topological polar surface area (TPSA) is 132 Å². The molecular formula is C19H23N3O7. The Labute approximate surface area is 167 Å². The molecule has 0 saturated heterocycles. The lowest BCUT2D eigenvalue weighted by Gasteiger charge is -2.26. The van der Waals surface area contributed by atoms with Crippen molar-refractivity contribution < 1.29 is 33.4 Å². The fraction of sp³-hybridized carbons (Fsp3) is 0.368. The van der Waals surface area contributed by atoms with Gasteiger partial charge in [0.25, 0.3) is 5.91 Å². The van der Waals surface area contributed by atoms with E-state index in [0.717, 1.165) is 0 Å². The van der Waals surface area contributed by atoms with Gasteiger partial charge in [-0.25, -0.2) is 9.59 Å². The first-order valence-electron chi connectivity index (χ1n) is 8.91. The summed E-state index contributed by atoms with van der Waals surface area (Å²) in [4.78, 5) is 48.0. The molecule has 1 aromatic carbocycles. The van der Waals surface area contributed by atoms with E-state index in [9.17, 15) is 19.2 Å². The molecule has 0 radical (unpaired) electrons. The highest BCUT2D eigenvalue weighted by atomic mass is 16.5. The van der Waals surface area contributed by atoms with Gasteiger partial charge in [-0.05, 0) is 26.0 Å². The maximum Gasteiger partial charge on any atom is 0.338 e. The molecule has 0 unspecified atom stereocenters. The normalized spacial score (nSPS) is 15.7. The third-order valence-corrected chi connectivity index (χ3v) is 3.99. The molecule has 1 heterocycles. The minimum absolute atomic E-state index is 0.129. The Balaban J connectivity index is 1.97. The number of hydrogen-bond donors (Lipinski definition) is 3. The van der Waals surface area contributed by atoms with Gasteiger partial charge in [-0.15, -0.1) is 0 Å². The van der Waals surface area contributed by atoms with E-state index in [0.29, 0.717) is 5.75 Å². The average Bonchev–Trinajstić information content (AvgIpc) is 2.70. The Morgan fingerprint density at radius 3 is 2.59 bits per heavy atom. The standard InChI is InChI=1S/C19H23N3O7/c1-4-28-18(25)16-11(2)21-19(26)22-13(16)10-29-15(23)9-20-17(24)12-7-5-6-8-14(12)27-3/h5-8,11H,4,9-10H2,1-3H3,(H,20,24)(H2,21,22,26)/t11-/m1/s1. The maximum absolute atomic E-state index is 12.2. The zero-order valence-electron chi connectivity index (χ0n) is 16.4. The number of ether oxygens (including phenoxy) is 3. The lowest BCUT2D eigenvalue weighted by molar-refractivity contribution is -0.142. The minimum atomic E-state index is -0.746. The van der Waals surface area contributed by atoms with Crippen LogP contribution in [-0.2, 0) is 19.1 Å². The van der Waals surface area contributed by atoms with E-state index < -0.39 is 36.5 Å². The SMILES string of the molecule is CCOC(=O)C1=C(COC(=O)CNC(=O)c2ccccc2OC)NC(=O)N[C@@H]1C. The lowest BCUT2D eigenvalue weighted by Crippen LogP contribution is -2.50. The Hall–Kier alpha value is -3.56. The number of amides is 3. The Bertz CT molecular complexity index is 835. The molecule has 0 fully saturated rings. The number of carbonyl (C=O) groups is 4. The van der Waals surface area contributed by atoms with Crippen LogP contribution in [0.4, 0.5) is 4.79 Å². The predicted octanol–water partition coefficient (Wildman–Crippen LogP) is 0.487. The molecule has 10 nitrogen and oxygen atoms in total. The van der Waals surface area contributed by atoms with Crippen LogP contribution in [0, 0.1) is 0 Å². The number of nitrogens with one attached hydrogen (secondary N) is 3. The van der Waals surface area contributed by atoms with E-state index in [4.69, 9.17) is 14.2 Å². The zero-order chi connectivity index (χ0) is 21.4. The molecule has 3 amide bonds. The van der Waals surface area contributed by atoms with Crippen LogP contribution in [0.3, 0.4) is 0 Å². The van der Waals surface area contributed by atoms with Crippen LogP contribution in [0.25, 0.3) is 0 Å². The van der Waals surface area contributed by atoms with Crippen LogP contribution in [0.15, 0.2) is 35.5 Å². The van der Waals surface area contributed by atoms with E-state index in [2.05, 4.69) is 16.0 Å². The second-order valence-electron chi connectivity index (χ2n) is 5.98. The average molecular weight is 405 g/mol. The molecule has 10 heteroatoms. The molecule has 1 aromatic rings. The molecule has 0 aliphatic carbocycles. The van der Waals surface area contributed by atoms with Crippen LogP contribution < -0.4 is 20.7 Å². The van der Waals surface area contributed by atoms with Gasteiger partial charge in [0.1, 0.15) is 18.9 Å². The van der Waals surface area contributed by atoms with Crippen molar-refractivity contribution in [3.8, 4) is 5.75 Å². The summed E-state index contributed by atoms with van der Waals surface area (Å²) in [5.41, 5.74) is 0.566. The molecule has 0 saturated carbocycles. The first-order chi connectivity index (χ1) is 13.9. The highest BCUT2D eigenvalue weighted by molar-refractivity contribution is 5.98. The molecule has 29 heavy (non-hydrogen) atoms. The third kappa shape index (κ3) is 5.71. The van der Waals surface area contributed by atoms with Crippen molar-refractivity contribution in [3.05, 3.63) is 41.1 Å². The van der Waals surface area contributed by atoms with Gasteiger partial charge in [-0.1, -0.05) is 12.1 Å². The summed E-state index contributed by atoms with van der Waals surface area (Å²) in [6.45, 7) is 2.67. The van der Waals surface area contributed by atoms with E-state index in [1.807, 2.05) is 0 Å². The number of esters is 2.